The Labute approximate surface area is 131 Å². The van der Waals surface area contributed by atoms with E-state index in [1.54, 1.807) is 19.4 Å². The van der Waals surface area contributed by atoms with Gasteiger partial charge in [-0.3, -0.25) is 4.79 Å². The maximum absolute atomic E-state index is 12.0. The third-order valence-corrected chi connectivity index (χ3v) is 3.47. The second kappa shape index (κ2) is 7.64. The van der Waals surface area contributed by atoms with Crippen molar-refractivity contribution in [2.45, 2.75) is 39.8 Å². The number of nitrogens with zero attached hydrogens (tertiary/aromatic N) is 2. The van der Waals surface area contributed by atoms with Gasteiger partial charge in [0.1, 0.15) is 5.75 Å². The predicted octanol–water partition coefficient (Wildman–Crippen LogP) is 2.47. The standard InChI is InChI=1S/C17H23N3O2/c1-13-5-6-14(2)16(11-13)22-15(3)17(21)19-7-4-9-20-10-8-18-12-20/h5-6,8,10-12,15H,4,7,9H2,1-3H3,(H,19,21)/t15-/m0/s1. The monoisotopic (exact) mass is 301 g/mol. The number of carbonyl (C=O) groups excluding carboxylic acids is 1. The van der Waals surface area contributed by atoms with Gasteiger partial charge in [-0.05, 0) is 44.4 Å². The zero-order valence-electron chi connectivity index (χ0n) is 13.4. The molecule has 22 heavy (non-hydrogen) atoms. The molecule has 0 unspecified atom stereocenters. The van der Waals surface area contributed by atoms with Crippen molar-refractivity contribution >= 4 is 5.91 Å². The minimum atomic E-state index is -0.506. The SMILES string of the molecule is Cc1ccc(C)c(O[C@@H](C)C(=O)NCCCn2ccnc2)c1. The van der Waals surface area contributed by atoms with E-state index in [-0.39, 0.29) is 5.91 Å². The average molecular weight is 301 g/mol. The van der Waals surface area contributed by atoms with E-state index < -0.39 is 6.10 Å². The summed E-state index contributed by atoms with van der Waals surface area (Å²) in [6, 6.07) is 5.99. The third-order valence-electron chi connectivity index (χ3n) is 3.47. The van der Waals surface area contributed by atoms with E-state index >= 15 is 0 Å². The van der Waals surface area contributed by atoms with E-state index in [1.807, 2.05) is 42.8 Å². The summed E-state index contributed by atoms with van der Waals surface area (Å²) >= 11 is 0. The first-order valence-corrected chi connectivity index (χ1v) is 7.53. The van der Waals surface area contributed by atoms with Crippen molar-refractivity contribution in [2.75, 3.05) is 6.54 Å². The highest BCUT2D eigenvalue weighted by Crippen LogP contribution is 2.20. The Morgan fingerprint density at radius 3 is 2.95 bits per heavy atom. The highest BCUT2D eigenvalue weighted by atomic mass is 16.5. The molecule has 2 rings (SSSR count). The quantitative estimate of drug-likeness (QED) is 0.799. The summed E-state index contributed by atoms with van der Waals surface area (Å²) in [5.41, 5.74) is 2.15. The molecule has 0 aliphatic rings. The number of aryl methyl sites for hydroxylation is 3. The first-order chi connectivity index (χ1) is 10.6. The summed E-state index contributed by atoms with van der Waals surface area (Å²) in [6.07, 6.45) is 5.78. The van der Waals surface area contributed by atoms with Crippen molar-refractivity contribution in [1.82, 2.24) is 14.9 Å². The van der Waals surface area contributed by atoms with Crippen LogP contribution in [0.3, 0.4) is 0 Å². The van der Waals surface area contributed by atoms with Gasteiger partial charge in [0.25, 0.3) is 5.91 Å². The molecular formula is C17H23N3O2. The number of carbonyl (C=O) groups is 1. The lowest BCUT2D eigenvalue weighted by atomic mass is 10.1. The molecule has 1 aromatic carbocycles. The third kappa shape index (κ3) is 4.62. The van der Waals surface area contributed by atoms with Crippen LogP contribution in [-0.2, 0) is 11.3 Å². The van der Waals surface area contributed by atoms with Crippen LogP contribution in [0.5, 0.6) is 5.75 Å². The summed E-state index contributed by atoms with van der Waals surface area (Å²) in [5.74, 6) is 0.674. The molecule has 0 saturated carbocycles. The van der Waals surface area contributed by atoms with Crippen LogP contribution in [0, 0.1) is 13.8 Å². The molecule has 1 atom stereocenters. The van der Waals surface area contributed by atoms with Crippen molar-refractivity contribution in [3.8, 4) is 5.75 Å². The molecule has 0 fully saturated rings. The molecule has 0 aliphatic heterocycles. The second-order valence-electron chi connectivity index (χ2n) is 5.47. The van der Waals surface area contributed by atoms with E-state index in [0.29, 0.717) is 6.54 Å². The fourth-order valence-electron chi connectivity index (χ4n) is 2.11. The van der Waals surface area contributed by atoms with Gasteiger partial charge in [-0.2, -0.15) is 0 Å². The topological polar surface area (TPSA) is 56.1 Å². The van der Waals surface area contributed by atoms with E-state index in [4.69, 9.17) is 4.74 Å². The Morgan fingerprint density at radius 1 is 1.41 bits per heavy atom. The van der Waals surface area contributed by atoms with E-state index in [1.165, 1.54) is 0 Å². The number of rotatable bonds is 7. The van der Waals surface area contributed by atoms with Crippen molar-refractivity contribution in [1.29, 1.82) is 0 Å². The molecule has 0 radical (unpaired) electrons. The van der Waals surface area contributed by atoms with Gasteiger partial charge in [0, 0.05) is 25.5 Å². The Hall–Kier alpha value is -2.30. The molecule has 5 heteroatoms. The van der Waals surface area contributed by atoms with E-state index in [2.05, 4.69) is 10.3 Å². The molecule has 118 valence electrons. The van der Waals surface area contributed by atoms with Gasteiger partial charge in [0.2, 0.25) is 0 Å². The van der Waals surface area contributed by atoms with Gasteiger partial charge < -0.3 is 14.6 Å². The lowest BCUT2D eigenvalue weighted by Gasteiger charge is -2.16. The Bertz CT molecular complexity index is 608. The number of benzene rings is 1. The lowest BCUT2D eigenvalue weighted by Crippen LogP contribution is -2.37. The highest BCUT2D eigenvalue weighted by molar-refractivity contribution is 5.80. The molecule has 5 nitrogen and oxygen atoms in total. The van der Waals surface area contributed by atoms with Crippen LogP contribution in [0.2, 0.25) is 0 Å². The smallest absolute Gasteiger partial charge is 0.260 e. The molecule has 0 saturated heterocycles. The lowest BCUT2D eigenvalue weighted by molar-refractivity contribution is -0.127. The molecule has 1 heterocycles. The van der Waals surface area contributed by atoms with Gasteiger partial charge in [-0.15, -0.1) is 0 Å². The van der Waals surface area contributed by atoms with Gasteiger partial charge in [0.05, 0.1) is 6.33 Å². The maximum Gasteiger partial charge on any atom is 0.260 e. The van der Waals surface area contributed by atoms with Crippen LogP contribution in [0.4, 0.5) is 0 Å². The number of ether oxygens (including phenoxy) is 1. The molecule has 0 bridgehead atoms. The van der Waals surface area contributed by atoms with E-state index in [0.717, 1.165) is 29.8 Å². The zero-order chi connectivity index (χ0) is 15.9. The minimum absolute atomic E-state index is 0.0912. The summed E-state index contributed by atoms with van der Waals surface area (Å²) < 4.78 is 7.75. The number of aromatic nitrogens is 2. The van der Waals surface area contributed by atoms with Crippen LogP contribution < -0.4 is 10.1 Å². The summed E-state index contributed by atoms with van der Waals surface area (Å²) in [7, 11) is 0. The first-order valence-electron chi connectivity index (χ1n) is 7.53. The largest absolute Gasteiger partial charge is 0.481 e. The minimum Gasteiger partial charge on any atom is -0.481 e. The molecule has 0 aliphatic carbocycles. The molecule has 1 N–H and O–H groups in total. The molecular weight excluding hydrogens is 278 g/mol. The van der Waals surface area contributed by atoms with Gasteiger partial charge in [0.15, 0.2) is 6.10 Å². The van der Waals surface area contributed by atoms with Crippen LogP contribution >= 0.6 is 0 Å². The average Bonchev–Trinajstić information content (AvgIpc) is 3.00. The number of hydrogen-bond donors (Lipinski definition) is 1. The molecule has 1 amide bonds. The van der Waals surface area contributed by atoms with Crippen LogP contribution in [-0.4, -0.2) is 28.1 Å². The first kappa shape index (κ1) is 16.1. The zero-order valence-corrected chi connectivity index (χ0v) is 13.4. The highest BCUT2D eigenvalue weighted by Gasteiger charge is 2.15. The van der Waals surface area contributed by atoms with Crippen molar-refractivity contribution in [2.24, 2.45) is 0 Å². The fourth-order valence-corrected chi connectivity index (χ4v) is 2.11. The van der Waals surface area contributed by atoms with Crippen LogP contribution in [0.1, 0.15) is 24.5 Å². The van der Waals surface area contributed by atoms with Crippen LogP contribution in [0.25, 0.3) is 0 Å². The summed E-state index contributed by atoms with van der Waals surface area (Å²) in [4.78, 5) is 16.0. The maximum atomic E-state index is 12.0. The summed E-state index contributed by atoms with van der Waals surface area (Å²) in [6.45, 7) is 7.22. The molecule has 2 aromatic rings. The number of hydrogen-bond acceptors (Lipinski definition) is 3. The van der Waals surface area contributed by atoms with Crippen molar-refractivity contribution in [3.05, 3.63) is 48.0 Å². The van der Waals surface area contributed by atoms with Crippen molar-refractivity contribution < 1.29 is 9.53 Å². The fraction of sp³-hybridized carbons (Fsp3) is 0.412. The molecule has 1 aromatic heterocycles. The Morgan fingerprint density at radius 2 is 2.23 bits per heavy atom. The Balaban J connectivity index is 1.75. The second-order valence-corrected chi connectivity index (χ2v) is 5.47. The van der Waals surface area contributed by atoms with Gasteiger partial charge in [-0.1, -0.05) is 12.1 Å². The normalized spacial score (nSPS) is 12.0. The Kier molecular flexibility index (Phi) is 5.58. The van der Waals surface area contributed by atoms with Gasteiger partial charge in [-0.25, -0.2) is 4.98 Å². The molecule has 0 spiro atoms. The van der Waals surface area contributed by atoms with Crippen molar-refractivity contribution in [3.63, 3.8) is 0 Å². The van der Waals surface area contributed by atoms with Crippen LogP contribution in [0.15, 0.2) is 36.9 Å². The number of amides is 1. The number of imidazole rings is 1. The van der Waals surface area contributed by atoms with E-state index in [9.17, 15) is 4.79 Å². The van der Waals surface area contributed by atoms with Gasteiger partial charge >= 0.3 is 0 Å². The summed E-state index contributed by atoms with van der Waals surface area (Å²) in [5, 5.41) is 2.90. The predicted molar refractivity (Wildman–Crippen MR) is 85.9 cm³/mol. The number of nitrogens with one attached hydrogen (secondary N) is 1.